The molecule has 20 heavy (non-hydrogen) atoms. The zero-order valence-corrected chi connectivity index (χ0v) is 12.3. The van der Waals surface area contributed by atoms with Crippen molar-refractivity contribution in [3.63, 3.8) is 0 Å². The van der Waals surface area contributed by atoms with Crippen LogP contribution in [0.3, 0.4) is 0 Å². The highest BCUT2D eigenvalue weighted by molar-refractivity contribution is 5.40. The molecule has 110 valence electrons. The molecule has 6 heteroatoms. The Labute approximate surface area is 120 Å². The van der Waals surface area contributed by atoms with Gasteiger partial charge in [0.15, 0.2) is 0 Å². The van der Waals surface area contributed by atoms with Crippen molar-refractivity contribution < 1.29 is 4.74 Å². The number of anilines is 2. The Hall–Kier alpha value is -1.59. The van der Waals surface area contributed by atoms with Crippen LogP contribution in [0.5, 0.6) is 6.01 Å². The molecular weight excluding hydrogens is 254 g/mol. The highest BCUT2D eigenvalue weighted by Gasteiger charge is 2.37. The first kappa shape index (κ1) is 13.4. The Morgan fingerprint density at radius 3 is 2.60 bits per heavy atom. The Morgan fingerprint density at radius 2 is 1.95 bits per heavy atom. The quantitative estimate of drug-likeness (QED) is 0.887. The first-order chi connectivity index (χ1) is 9.80. The van der Waals surface area contributed by atoms with E-state index in [0.717, 1.165) is 43.8 Å². The highest BCUT2D eigenvalue weighted by atomic mass is 16.5. The van der Waals surface area contributed by atoms with Gasteiger partial charge < -0.3 is 15.0 Å². The smallest absolute Gasteiger partial charge is 0.322 e. The average Bonchev–Trinajstić information content (AvgIpc) is 3.05. The van der Waals surface area contributed by atoms with Crippen LogP contribution in [-0.2, 0) is 0 Å². The molecule has 0 aromatic carbocycles. The van der Waals surface area contributed by atoms with Crippen LogP contribution in [-0.4, -0.2) is 41.7 Å². The predicted octanol–water partition coefficient (Wildman–Crippen LogP) is 1.94. The summed E-state index contributed by atoms with van der Waals surface area (Å²) in [7, 11) is 1.60. The van der Waals surface area contributed by atoms with Gasteiger partial charge in [-0.2, -0.15) is 15.0 Å². The van der Waals surface area contributed by atoms with Gasteiger partial charge in [0.25, 0.3) is 0 Å². The van der Waals surface area contributed by atoms with Crippen molar-refractivity contribution in [3.05, 3.63) is 0 Å². The van der Waals surface area contributed by atoms with Gasteiger partial charge in [0.05, 0.1) is 7.11 Å². The van der Waals surface area contributed by atoms with Crippen LogP contribution in [0, 0.1) is 11.8 Å². The van der Waals surface area contributed by atoms with Gasteiger partial charge in [-0.15, -0.1) is 0 Å². The monoisotopic (exact) mass is 277 g/mol. The number of rotatable bonds is 5. The number of fused-ring (bicyclic) bond motifs is 1. The molecule has 1 aliphatic carbocycles. The lowest BCUT2D eigenvalue weighted by Crippen LogP contribution is -2.24. The maximum Gasteiger partial charge on any atom is 0.322 e. The molecule has 1 aromatic heterocycles. The molecule has 1 N–H and O–H groups in total. The van der Waals surface area contributed by atoms with Gasteiger partial charge in [0.2, 0.25) is 11.9 Å². The molecule has 2 atom stereocenters. The topological polar surface area (TPSA) is 63.2 Å². The molecule has 2 fully saturated rings. The molecular formula is C14H23N5O. The first-order valence-corrected chi connectivity index (χ1v) is 7.59. The minimum atomic E-state index is 0.394. The number of nitrogens with one attached hydrogen (secondary N) is 1. The lowest BCUT2D eigenvalue weighted by molar-refractivity contribution is 0.378. The first-order valence-electron chi connectivity index (χ1n) is 7.59. The van der Waals surface area contributed by atoms with Gasteiger partial charge in [-0.3, -0.25) is 0 Å². The molecule has 0 radical (unpaired) electrons. The third-order valence-electron chi connectivity index (χ3n) is 4.33. The molecule has 0 spiro atoms. The SMILES string of the molecule is CCCNc1nc(OC)nc(N2CC3CCCC3C2)n1. The van der Waals surface area contributed by atoms with Gasteiger partial charge in [-0.25, -0.2) is 0 Å². The molecule has 1 aromatic rings. The Bertz CT molecular complexity index is 455. The number of ether oxygens (including phenoxy) is 1. The van der Waals surface area contributed by atoms with E-state index in [4.69, 9.17) is 4.74 Å². The lowest BCUT2D eigenvalue weighted by atomic mass is 10.0. The normalized spacial score (nSPS) is 24.8. The summed E-state index contributed by atoms with van der Waals surface area (Å²) in [5.41, 5.74) is 0. The van der Waals surface area contributed by atoms with Crippen molar-refractivity contribution in [2.75, 3.05) is 37.0 Å². The van der Waals surface area contributed by atoms with Crippen LogP contribution < -0.4 is 15.0 Å². The minimum absolute atomic E-state index is 0.394. The van der Waals surface area contributed by atoms with Crippen LogP contribution >= 0.6 is 0 Å². The summed E-state index contributed by atoms with van der Waals surface area (Å²) in [4.78, 5) is 15.5. The van der Waals surface area contributed by atoms with Crippen LogP contribution in [0.2, 0.25) is 0 Å². The van der Waals surface area contributed by atoms with E-state index >= 15 is 0 Å². The molecule has 2 unspecified atom stereocenters. The number of nitrogens with zero attached hydrogens (tertiary/aromatic N) is 4. The van der Waals surface area contributed by atoms with Crippen molar-refractivity contribution in [2.24, 2.45) is 11.8 Å². The number of hydrogen-bond acceptors (Lipinski definition) is 6. The maximum absolute atomic E-state index is 5.20. The van der Waals surface area contributed by atoms with E-state index in [9.17, 15) is 0 Å². The Balaban J connectivity index is 1.78. The van der Waals surface area contributed by atoms with E-state index in [2.05, 4.69) is 32.1 Å². The van der Waals surface area contributed by atoms with Crippen molar-refractivity contribution in [1.29, 1.82) is 0 Å². The molecule has 1 aliphatic heterocycles. The van der Waals surface area contributed by atoms with Crippen molar-refractivity contribution >= 4 is 11.9 Å². The fourth-order valence-corrected chi connectivity index (χ4v) is 3.29. The standard InChI is InChI=1S/C14H23N5O/c1-3-7-15-12-16-13(18-14(17-12)20-2)19-8-10-5-4-6-11(10)9-19/h10-11H,3-9H2,1-2H3,(H,15,16,17,18). The van der Waals surface area contributed by atoms with Crippen LogP contribution in [0.15, 0.2) is 0 Å². The van der Waals surface area contributed by atoms with E-state index in [1.807, 2.05) is 0 Å². The minimum Gasteiger partial charge on any atom is -0.467 e. The summed E-state index contributed by atoms with van der Waals surface area (Å²) >= 11 is 0. The summed E-state index contributed by atoms with van der Waals surface area (Å²) in [5.74, 6) is 3.02. The molecule has 0 bridgehead atoms. The maximum atomic E-state index is 5.20. The second-order valence-corrected chi connectivity index (χ2v) is 5.73. The molecule has 3 rings (SSSR count). The second kappa shape index (κ2) is 5.81. The van der Waals surface area contributed by atoms with Crippen molar-refractivity contribution in [3.8, 4) is 6.01 Å². The fourth-order valence-electron chi connectivity index (χ4n) is 3.29. The summed E-state index contributed by atoms with van der Waals surface area (Å²) in [6, 6.07) is 0.394. The summed E-state index contributed by atoms with van der Waals surface area (Å²) in [5, 5.41) is 3.21. The van der Waals surface area contributed by atoms with Crippen molar-refractivity contribution in [1.82, 2.24) is 15.0 Å². The van der Waals surface area contributed by atoms with E-state index < -0.39 is 0 Å². The molecule has 1 saturated heterocycles. The van der Waals surface area contributed by atoms with Crippen molar-refractivity contribution in [2.45, 2.75) is 32.6 Å². The Kier molecular flexibility index (Phi) is 3.89. The zero-order chi connectivity index (χ0) is 13.9. The summed E-state index contributed by atoms with van der Waals surface area (Å²) in [6.45, 7) is 5.13. The molecule has 2 aliphatic rings. The zero-order valence-electron chi connectivity index (χ0n) is 12.3. The third-order valence-corrected chi connectivity index (χ3v) is 4.33. The molecule has 0 amide bonds. The summed E-state index contributed by atoms with van der Waals surface area (Å²) < 4.78 is 5.20. The fraction of sp³-hybridized carbons (Fsp3) is 0.786. The second-order valence-electron chi connectivity index (χ2n) is 5.73. The Morgan fingerprint density at radius 1 is 1.20 bits per heavy atom. The van der Waals surface area contributed by atoms with Crippen LogP contribution in [0.1, 0.15) is 32.6 Å². The number of aromatic nitrogens is 3. The van der Waals surface area contributed by atoms with Gasteiger partial charge in [-0.05, 0) is 31.1 Å². The van der Waals surface area contributed by atoms with Gasteiger partial charge in [0, 0.05) is 19.6 Å². The average molecular weight is 277 g/mol. The van der Waals surface area contributed by atoms with E-state index in [0.29, 0.717) is 12.0 Å². The van der Waals surface area contributed by atoms with Gasteiger partial charge in [-0.1, -0.05) is 13.3 Å². The van der Waals surface area contributed by atoms with E-state index in [1.54, 1.807) is 7.11 Å². The predicted molar refractivity (Wildman–Crippen MR) is 78.2 cm³/mol. The number of methoxy groups -OCH3 is 1. The molecule has 1 saturated carbocycles. The third kappa shape index (κ3) is 2.64. The molecule has 6 nitrogen and oxygen atoms in total. The van der Waals surface area contributed by atoms with Crippen LogP contribution in [0.25, 0.3) is 0 Å². The van der Waals surface area contributed by atoms with Gasteiger partial charge in [0.1, 0.15) is 0 Å². The highest BCUT2D eigenvalue weighted by Crippen LogP contribution is 2.38. The summed E-state index contributed by atoms with van der Waals surface area (Å²) in [6.07, 6.45) is 5.12. The number of hydrogen-bond donors (Lipinski definition) is 1. The van der Waals surface area contributed by atoms with E-state index in [1.165, 1.54) is 19.3 Å². The largest absolute Gasteiger partial charge is 0.467 e. The molecule has 2 heterocycles. The lowest BCUT2D eigenvalue weighted by Gasteiger charge is -2.18. The van der Waals surface area contributed by atoms with Crippen LogP contribution in [0.4, 0.5) is 11.9 Å². The van der Waals surface area contributed by atoms with Gasteiger partial charge >= 0.3 is 6.01 Å². The van der Waals surface area contributed by atoms with E-state index in [-0.39, 0.29) is 0 Å².